The van der Waals surface area contributed by atoms with E-state index in [2.05, 4.69) is 19.7 Å². The van der Waals surface area contributed by atoms with Crippen molar-refractivity contribution in [3.8, 4) is 11.1 Å². The Hall–Kier alpha value is -3.63. The van der Waals surface area contributed by atoms with Crippen molar-refractivity contribution >= 4 is 23.1 Å². The maximum Gasteiger partial charge on any atom is 0.327 e. The van der Waals surface area contributed by atoms with Crippen LogP contribution in [0.15, 0.2) is 39.9 Å². The Morgan fingerprint density at radius 3 is 2.47 bits per heavy atom. The lowest BCUT2D eigenvalue weighted by Gasteiger charge is -2.17. The fourth-order valence-corrected chi connectivity index (χ4v) is 3.68. The van der Waals surface area contributed by atoms with Crippen LogP contribution in [-0.4, -0.2) is 50.5 Å². The predicted octanol–water partition coefficient (Wildman–Crippen LogP) is 2.23. The summed E-state index contributed by atoms with van der Waals surface area (Å²) in [7, 11) is 1.21. The summed E-state index contributed by atoms with van der Waals surface area (Å²) >= 11 is 0. The molecule has 2 atom stereocenters. The van der Waals surface area contributed by atoms with Gasteiger partial charge in [-0.1, -0.05) is 38.1 Å². The number of carbonyl (C=O) groups excluding carboxylic acids is 1. The summed E-state index contributed by atoms with van der Waals surface area (Å²) in [5, 5.41) is 20.5. The fraction of sp³-hybridized carbons (Fsp3) is 0.333. The van der Waals surface area contributed by atoms with E-state index in [9.17, 15) is 29.0 Å². The van der Waals surface area contributed by atoms with E-state index in [1.807, 2.05) is 13.8 Å². The summed E-state index contributed by atoms with van der Waals surface area (Å²) in [5.41, 5.74) is 0.660. The number of aliphatic hydroxyl groups excluding tert-OH is 2. The molecular weight excluding hydrogens is 445 g/mol. The summed E-state index contributed by atoms with van der Waals surface area (Å²) in [6.07, 6.45) is 0.368. The summed E-state index contributed by atoms with van der Waals surface area (Å²) in [6, 6.07) is 5.52. The molecule has 180 valence electrons. The molecule has 0 spiro atoms. The monoisotopic (exact) mass is 471 g/mol. The number of hydrogen-bond donors (Lipinski definition) is 4. The molecule has 0 saturated heterocycles. The molecule has 10 heteroatoms. The van der Waals surface area contributed by atoms with Crippen LogP contribution in [0.1, 0.15) is 43.9 Å². The second-order valence-electron chi connectivity index (χ2n) is 8.18. The Morgan fingerprint density at radius 1 is 1.18 bits per heavy atom. The molecule has 0 aliphatic heterocycles. The maximum atomic E-state index is 13.6. The standard InChI is InChI=1S/C24H26FN3O6/c1-12(2)21-17(9-8-15(29)10-16(30)11-18(31)34-3)19(13-4-6-14(25)7-5-13)20-22(26-21)27-24(33)28-23(20)32/h4-9,12,15-16,29-30H,10-11H2,1-3H3,(H2,26,27,28,32,33)/b9-8+. The minimum absolute atomic E-state index is 0.0861. The number of ether oxygens (including phenoxy) is 1. The van der Waals surface area contributed by atoms with Crippen LogP contribution in [-0.2, 0) is 9.53 Å². The van der Waals surface area contributed by atoms with Crippen molar-refractivity contribution in [2.75, 3.05) is 7.11 Å². The molecule has 1 aromatic carbocycles. The molecule has 2 unspecified atom stereocenters. The van der Waals surface area contributed by atoms with Gasteiger partial charge >= 0.3 is 11.7 Å². The summed E-state index contributed by atoms with van der Waals surface area (Å²) in [5.74, 6) is -1.20. The van der Waals surface area contributed by atoms with Gasteiger partial charge in [-0.05, 0) is 23.6 Å². The molecule has 4 N–H and O–H groups in total. The third-order valence-electron chi connectivity index (χ3n) is 5.26. The number of H-pyrrole nitrogens is 2. The molecule has 0 aliphatic rings. The van der Waals surface area contributed by atoms with Gasteiger partial charge in [0, 0.05) is 17.5 Å². The van der Waals surface area contributed by atoms with Crippen LogP contribution < -0.4 is 11.2 Å². The molecule has 0 saturated carbocycles. The van der Waals surface area contributed by atoms with Gasteiger partial charge in [-0.15, -0.1) is 0 Å². The van der Waals surface area contributed by atoms with E-state index in [1.165, 1.54) is 37.5 Å². The second-order valence-corrected chi connectivity index (χ2v) is 8.18. The quantitative estimate of drug-likeness (QED) is 0.369. The summed E-state index contributed by atoms with van der Waals surface area (Å²) in [6.45, 7) is 3.75. The van der Waals surface area contributed by atoms with Crippen LogP contribution in [0, 0.1) is 5.82 Å². The number of methoxy groups -OCH3 is 1. The Labute approximate surface area is 194 Å². The number of benzene rings is 1. The molecule has 0 bridgehead atoms. The molecule has 0 aliphatic carbocycles. The van der Waals surface area contributed by atoms with Gasteiger partial charge in [-0.3, -0.25) is 19.6 Å². The van der Waals surface area contributed by atoms with Crippen LogP contribution in [0.5, 0.6) is 0 Å². The molecule has 2 heterocycles. The largest absolute Gasteiger partial charge is 0.469 e. The Morgan fingerprint density at radius 2 is 1.85 bits per heavy atom. The van der Waals surface area contributed by atoms with E-state index in [-0.39, 0.29) is 29.8 Å². The van der Waals surface area contributed by atoms with Crippen molar-refractivity contribution in [2.45, 2.75) is 44.8 Å². The highest BCUT2D eigenvalue weighted by atomic mass is 19.1. The highest BCUT2D eigenvalue weighted by molar-refractivity contribution is 5.97. The zero-order valence-electron chi connectivity index (χ0n) is 19.0. The SMILES string of the molecule is COC(=O)CC(O)CC(O)/C=C/c1c(C(C)C)nc2[nH]c(=O)[nH]c(=O)c2c1-c1ccc(F)cc1. The van der Waals surface area contributed by atoms with Crippen molar-refractivity contribution in [3.05, 3.63) is 68.3 Å². The molecule has 2 aromatic heterocycles. The fourth-order valence-electron chi connectivity index (χ4n) is 3.68. The number of halogens is 1. The van der Waals surface area contributed by atoms with E-state index >= 15 is 0 Å². The Kier molecular flexibility index (Phi) is 7.75. The van der Waals surface area contributed by atoms with Gasteiger partial charge in [0.1, 0.15) is 11.5 Å². The van der Waals surface area contributed by atoms with E-state index in [4.69, 9.17) is 0 Å². The number of carbonyl (C=O) groups is 1. The third kappa shape index (κ3) is 5.64. The number of aromatic nitrogens is 3. The smallest absolute Gasteiger partial charge is 0.327 e. The van der Waals surface area contributed by atoms with E-state index in [0.29, 0.717) is 22.4 Å². The van der Waals surface area contributed by atoms with Crippen LogP contribution in [0.3, 0.4) is 0 Å². The number of aliphatic hydroxyl groups is 2. The zero-order valence-corrected chi connectivity index (χ0v) is 19.0. The van der Waals surface area contributed by atoms with Crippen LogP contribution in [0.4, 0.5) is 4.39 Å². The first-order valence-electron chi connectivity index (χ1n) is 10.7. The van der Waals surface area contributed by atoms with Gasteiger partial charge in [0.15, 0.2) is 0 Å². The lowest BCUT2D eigenvalue weighted by atomic mass is 9.91. The number of hydrogen-bond acceptors (Lipinski definition) is 7. The van der Waals surface area contributed by atoms with Crippen molar-refractivity contribution < 1.29 is 24.1 Å². The third-order valence-corrected chi connectivity index (χ3v) is 5.26. The second kappa shape index (κ2) is 10.5. The number of nitrogens with zero attached hydrogens (tertiary/aromatic N) is 1. The Balaban J connectivity index is 2.18. The number of fused-ring (bicyclic) bond motifs is 1. The molecule has 3 rings (SSSR count). The molecular formula is C24H26FN3O6. The minimum atomic E-state index is -1.12. The first-order valence-corrected chi connectivity index (χ1v) is 10.7. The van der Waals surface area contributed by atoms with E-state index in [0.717, 1.165) is 0 Å². The van der Waals surface area contributed by atoms with Crippen molar-refractivity contribution in [1.29, 1.82) is 0 Å². The van der Waals surface area contributed by atoms with Crippen molar-refractivity contribution in [2.24, 2.45) is 0 Å². The maximum absolute atomic E-state index is 13.6. The zero-order chi connectivity index (χ0) is 25.0. The molecule has 0 amide bonds. The minimum Gasteiger partial charge on any atom is -0.469 e. The normalized spacial score (nSPS) is 13.5. The van der Waals surface area contributed by atoms with E-state index in [1.54, 1.807) is 6.08 Å². The van der Waals surface area contributed by atoms with Gasteiger partial charge in [0.25, 0.3) is 5.56 Å². The molecule has 9 nitrogen and oxygen atoms in total. The molecule has 0 radical (unpaired) electrons. The highest BCUT2D eigenvalue weighted by Gasteiger charge is 2.21. The topological polar surface area (TPSA) is 145 Å². The average molecular weight is 471 g/mol. The predicted molar refractivity (Wildman–Crippen MR) is 125 cm³/mol. The van der Waals surface area contributed by atoms with E-state index < -0.39 is 35.2 Å². The van der Waals surface area contributed by atoms with Crippen LogP contribution >= 0.6 is 0 Å². The van der Waals surface area contributed by atoms with Gasteiger partial charge < -0.3 is 14.9 Å². The lowest BCUT2D eigenvalue weighted by molar-refractivity contribution is -0.143. The Bertz CT molecular complexity index is 1330. The first-order chi connectivity index (χ1) is 16.1. The molecule has 3 aromatic rings. The average Bonchev–Trinajstić information content (AvgIpc) is 2.77. The number of pyridine rings is 1. The highest BCUT2D eigenvalue weighted by Crippen LogP contribution is 2.34. The summed E-state index contributed by atoms with van der Waals surface area (Å²) < 4.78 is 18.1. The van der Waals surface area contributed by atoms with Crippen molar-refractivity contribution in [3.63, 3.8) is 0 Å². The van der Waals surface area contributed by atoms with Gasteiger partial charge in [-0.25, -0.2) is 14.2 Å². The first kappa shape index (κ1) is 25.0. The number of nitrogens with one attached hydrogen (secondary N) is 2. The van der Waals surface area contributed by atoms with Crippen LogP contribution in [0.2, 0.25) is 0 Å². The molecule has 0 fully saturated rings. The number of rotatable bonds is 8. The lowest BCUT2D eigenvalue weighted by Crippen LogP contribution is -2.24. The number of esters is 1. The number of aromatic amines is 2. The van der Waals surface area contributed by atoms with Crippen LogP contribution in [0.25, 0.3) is 28.2 Å². The summed E-state index contributed by atoms with van der Waals surface area (Å²) in [4.78, 5) is 45.2. The van der Waals surface area contributed by atoms with Gasteiger partial charge in [-0.2, -0.15) is 0 Å². The van der Waals surface area contributed by atoms with Gasteiger partial charge in [0.05, 0.1) is 36.8 Å². The van der Waals surface area contributed by atoms with Crippen molar-refractivity contribution in [1.82, 2.24) is 15.0 Å². The molecule has 34 heavy (non-hydrogen) atoms. The van der Waals surface area contributed by atoms with Gasteiger partial charge in [0.2, 0.25) is 0 Å².